The van der Waals surface area contributed by atoms with Gasteiger partial charge in [0.25, 0.3) is 0 Å². The summed E-state index contributed by atoms with van der Waals surface area (Å²) >= 11 is 1.83. The number of rotatable bonds is 2. The maximum absolute atomic E-state index is 5.85. The average Bonchev–Trinajstić information content (AvgIpc) is 2.80. The standard InChI is InChI=1S/C16H21N3S/c17-12-4-5-14-15(10-12)20-16(18-14)11-8-13(9-11)19-6-2-1-3-7-19/h4-5,10-11,13H,1-3,6-9,17H2/t11-,13-. The Bertz CT molecular complexity index is 609. The van der Waals surface area contributed by atoms with Gasteiger partial charge in [-0.2, -0.15) is 0 Å². The SMILES string of the molecule is Nc1ccc2nc([C@H]3C[C@H](N4CCCCC4)C3)sc2c1. The summed E-state index contributed by atoms with van der Waals surface area (Å²) in [5, 5.41) is 1.32. The van der Waals surface area contributed by atoms with E-state index in [1.54, 1.807) is 0 Å². The molecule has 0 atom stereocenters. The van der Waals surface area contributed by atoms with E-state index < -0.39 is 0 Å². The summed E-state index contributed by atoms with van der Waals surface area (Å²) < 4.78 is 1.24. The summed E-state index contributed by atoms with van der Waals surface area (Å²) in [5.74, 6) is 0.681. The third kappa shape index (κ3) is 2.21. The number of likely N-dealkylation sites (tertiary alicyclic amines) is 1. The Morgan fingerprint density at radius 3 is 2.75 bits per heavy atom. The molecule has 20 heavy (non-hydrogen) atoms. The first-order valence-electron chi connectivity index (χ1n) is 7.69. The topological polar surface area (TPSA) is 42.1 Å². The zero-order valence-corrected chi connectivity index (χ0v) is 12.5. The molecule has 1 aromatic carbocycles. The fourth-order valence-corrected chi connectivity index (χ4v) is 4.65. The van der Waals surface area contributed by atoms with Crippen molar-refractivity contribution in [2.24, 2.45) is 0 Å². The van der Waals surface area contributed by atoms with Crippen molar-refractivity contribution in [2.45, 2.75) is 44.1 Å². The lowest BCUT2D eigenvalue weighted by Crippen LogP contribution is -2.46. The maximum atomic E-state index is 5.85. The van der Waals surface area contributed by atoms with Crippen molar-refractivity contribution in [3.8, 4) is 0 Å². The highest BCUT2D eigenvalue weighted by Gasteiger charge is 2.36. The lowest BCUT2D eigenvalue weighted by Gasteiger charge is -2.43. The monoisotopic (exact) mass is 287 g/mol. The van der Waals surface area contributed by atoms with Crippen LogP contribution in [0.5, 0.6) is 0 Å². The van der Waals surface area contributed by atoms with Crippen molar-refractivity contribution >= 4 is 27.2 Å². The van der Waals surface area contributed by atoms with Gasteiger partial charge < -0.3 is 10.6 Å². The molecule has 2 heterocycles. The van der Waals surface area contributed by atoms with E-state index in [0.717, 1.165) is 17.2 Å². The number of hydrogen-bond acceptors (Lipinski definition) is 4. The minimum Gasteiger partial charge on any atom is -0.399 e. The molecule has 106 valence electrons. The minimum absolute atomic E-state index is 0.681. The number of thiazole rings is 1. The summed E-state index contributed by atoms with van der Waals surface area (Å²) in [4.78, 5) is 7.50. The Hall–Kier alpha value is -1.13. The van der Waals surface area contributed by atoms with Gasteiger partial charge in [0.05, 0.1) is 15.2 Å². The first-order valence-corrected chi connectivity index (χ1v) is 8.51. The second kappa shape index (κ2) is 5.01. The number of nitrogens with two attached hydrogens (primary N) is 1. The molecule has 0 spiro atoms. The number of piperidine rings is 1. The summed E-state index contributed by atoms with van der Waals surface area (Å²) in [6.45, 7) is 2.63. The molecular weight excluding hydrogens is 266 g/mol. The largest absolute Gasteiger partial charge is 0.399 e. The predicted octanol–water partition coefficient (Wildman–Crippen LogP) is 3.61. The summed E-state index contributed by atoms with van der Waals surface area (Å²) in [7, 11) is 0. The molecule has 2 aromatic rings. The molecule has 0 bridgehead atoms. The maximum Gasteiger partial charge on any atom is 0.0970 e. The van der Waals surface area contributed by atoms with Crippen molar-refractivity contribution in [1.29, 1.82) is 0 Å². The first kappa shape index (κ1) is 12.6. The van der Waals surface area contributed by atoms with Gasteiger partial charge in [-0.1, -0.05) is 6.42 Å². The van der Waals surface area contributed by atoms with Crippen LogP contribution in [0.1, 0.15) is 43.0 Å². The van der Waals surface area contributed by atoms with Gasteiger partial charge in [0, 0.05) is 17.6 Å². The molecule has 2 N–H and O–H groups in total. The minimum atomic E-state index is 0.681. The van der Waals surface area contributed by atoms with Gasteiger partial charge in [-0.3, -0.25) is 0 Å². The number of anilines is 1. The molecule has 2 aliphatic rings. The van der Waals surface area contributed by atoms with Gasteiger partial charge in [0.15, 0.2) is 0 Å². The van der Waals surface area contributed by atoms with Crippen LogP contribution in [-0.2, 0) is 0 Å². The highest BCUT2D eigenvalue weighted by Crippen LogP contribution is 2.43. The van der Waals surface area contributed by atoms with Crippen LogP contribution < -0.4 is 5.73 Å². The molecule has 1 saturated heterocycles. The highest BCUT2D eigenvalue weighted by molar-refractivity contribution is 7.18. The molecule has 0 amide bonds. The Morgan fingerprint density at radius 2 is 1.95 bits per heavy atom. The molecule has 2 fully saturated rings. The Labute approximate surface area is 123 Å². The number of hydrogen-bond donors (Lipinski definition) is 1. The number of benzene rings is 1. The fourth-order valence-electron chi connectivity index (χ4n) is 3.50. The first-order chi connectivity index (χ1) is 9.79. The van der Waals surface area contributed by atoms with Crippen molar-refractivity contribution in [1.82, 2.24) is 9.88 Å². The zero-order chi connectivity index (χ0) is 13.5. The molecule has 1 saturated carbocycles. The molecule has 1 aliphatic carbocycles. The molecule has 3 nitrogen and oxygen atoms in total. The van der Waals surface area contributed by atoms with Gasteiger partial charge in [-0.15, -0.1) is 11.3 Å². The van der Waals surface area contributed by atoms with Gasteiger partial charge in [0.1, 0.15) is 0 Å². The second-order valence-corrected chi connectivity index (χ2v) is 7.26. The van der Waals surface area contributed by atoms with E-state index in [1.165, 1.54) is 54.9 Å². The van der Waals surface area contributed by atoms with E-state index in [0.29, 0.717) is 5.92 Å². The van der Waals surface area contributed by atoms with Crippen LogP contribution >= 0.6 is 11.3 Å². The van der Waals surface area contributed by atoms with E-state index in [-0.39, 0.29) is 0 Å². The molecular formula is C16H21N3S. The fraction of sp³-hybridized carbons (Fsp3) is 0.562. The third-order valence-corrected chi connectivity index (χ3v) is 5.98. The summed E-state index contributed by atoms with van der Waals surface area (Å²) in [5.41, 5.74) is 7.80. The molecule has 0 radical (unpaired) electrons. The number of fused-ring (bicyclic) bond motifs is 1. The quantitative estimate of drug-likeness (QED) is 0.858. The molecule has 1 aliphatic heterocycles. The van der Waals surface area contributed by atoms with Crippen molar-refractivity contribution in [2.75, 3.05) is 18.8 Å². The van der Waals surface area contributed by atoms with Gasteiger partial charge in [0.2, 0.25) is 0 Å². The van der Waals surface area contributed by atoms with E-state index >= 15 is 0 Å². The Balaban J connectivity index is 1.46. The van der Waals surface area contributed by atoms with Crippen LogP contribution in [-0.4, -0.2) is 29.0 Å². The van der Waals surface area contributed by atoms with Crippen LogP contribution in [0.2, 0.25) is 0 Å². The van der Waals surface area contributed by atoms with Crippen molar-refractivity contribution in [3.05, 3.63) is 23.2 Å². The molecule has 4 heteroatoms. The number of nitrogens with zero attached hydrogens (tertiary/aromatic N) is 2. The van der Waals surface area contributed by atoms with E-state index in [2.05, 4.69) is 11.0 Å². The smallest absolute Gasteiger partial charge is 0.0970 e. The van der Waals surface area contributed by atoms with Gasteiger partial charge in [-0.25, -0.2) is 4.98 Å². The van der Waals surface area contributed by atoms with Gasteiger partial charge in [-0.05, 0) is 57.0 Å². The normalized spacial score (nSPS) is 27.6. The summed E-state index contributed by atoms with van der Waals surface area (Å²) in [6.07, 6.45) is 6.81. The van der Waals surface area contributed by atoms with E-state index in [9.17, 15) is 0 Å². The molecule has 0 unspecified atom stereocenters. The molecule has 4 rings (SSSR count). The predicted molar refractivity (Wildman–Crippen MR) is 85.2 cm³/mol. The van der Waals surface area contributed by atoms with Crippen molar-refractivity contribution in [3.63, 3.8) is 0 Å². The zero-order valence-electron chi connectivity index (χ0n) is 11.7. The summed E-state index contributed by atoms with van der Waals surface area (Å²) in [6, 6.07) is 6.86. The van der Waals surface area contributed by atoms with Crippen LogP contribution in [0, 0.1) is 0 Å². The number of nitrogen functional groups attached to an aromatic ring is 1. The number of aromatic nitrogens is 1. The third-order valence-electron chi connectivity index (χ3n) is 4.80. The van der Waals surface area contributed by atoms with E-state index in [4.69, 9.17) is 10.7 Å². The van der Waals surface area contributed by atoms with E-state index in [1.807, 2.05) is 23.5 Å². The van der Waals surface area contributed by atoms with Crippen LogP contribution in [0.25, 0.3) is 10.2 Å². The van der Waals surface area contributed by atoms with Gasteiger partial charge >= 0.3 is 0 Å². The highest BCUT2D eigenvalue weighted by atomic mass is 32.1. The molecule has 1 aromatic heterocycles. The lowest BCUT2D eigenvalue weighted by atomic mass is 9.79. The second-order valence-electron chi connectivity index (χ2n) is 6.20. The lowest BCUT2D eigenvalue weighted by molar-refractivity contribution is 0.0888. The average molecular weight is 287 g/mol. The van der Waals surface area contributed by atoms with Crippen molar-refractivity contribution < 1.29 is 0 Å². The van der Waals surface area contributed by atoms with Crippen LogP contribution in [0.4, 0.5) is 5.69 Å². The Kier molecular flexibility index (Phi) is 3.15. The van der Waals surface area contributed by atoms with Crippen LogP contribution in [0.3, 0.4) is 0 Å². The Morgan fingerprint density at radius 1 is 1.15 bits per heavy atom. The van der Waals surface area contributed by atoms with Crippen LogP contribution in [0.15, 0.2) is 18.2 Å².